The number of aliphatic hydroxyl groups excluding tert-OH is 1. The Morgan fingerprint density at radius 3 is 2.53 bits per heavy atom. The second-order valence-corrected chi connectivity index (χ2v) is 8.45. The average molecular weight is 472 g/mol. The minimum Gasteiger partial charge on any atom is -0.508 e. The van der Waals surface area contributed by atoms with E-state index in [1.165, 1.54) is 6.20 Å². The van der Waals surface area contributed by atoms with Crippen LogP contribution in [0.4, 0.5) is 18.9 Å². The number of piperidine rings is 1. The van der Waals surface area contributed by atoms with E-state index < -0.39 is 52.4 Å². The molecule has 0 spiro atoms. The van der Waals surface area contributed by atoms with Gasteiger partial charge in [-0.25, -0.2) is 18.2 Å². The highest BCUT2D eigenvalue weighted by Gasteiger charge is 2.32. The number of nitrogens with two attached hydrogens (primary N) is 1. The number of carbonyl (C=O) groups excluding carboxylic acids is 1. The molecule has 3 aromatic rings. The van der Waals surface area contributed by atoms with E-state index in [1.807, 2.05) is 11.8 Å². The van der Waals surface area contributed by atoms with Crippen LogP contribution in [-0.2, 0) is 6.42 Å². The van der Waals surface area contributed by atoms with Crippen molar-refractivity contribution in [3.8, 4) is 17.0 Å². The lowest BCUT2D eigenvalue weighted by Crippen LogP contribution is -2.55. The number of ketones is 1. The number of phenolic OH excluding ortho intramolecular Hbond substituents is 1. The number of nitrogens with zero attached hydrogens (tertiary/aromatic N) is 3. The number of halogens is 3. The predicted molar refractivity (Wildman–Crippen MR) is 119 cm³/mol. The number of rotatable bonds is 5. The van der Waals surface area contributed by atoms with Crippen molar-refractivity contribution in [1.82, 2.24) is 9.97 Å². The van der Waals surface area contributed by atoms with Gasteiger partial charge < -0.3 is 20.8 Å². The Bertz CT molecular complexity index is 1200. The lowest BCUT2D eigenvalue weighted by atomic mass is 9.92. The molecule has 0 bridgehead atoms. The summed E-state index contributed by atoms with van der Waals surface area (Å²) in [6, 6.07) is 4.61. The molecule has 2 aromatic heterocycles. The van der Waals surface area contributed by atoms with E-state index in [2.05, 4.69) is 9.97 Å². The third-order valence-corrected chi connectivity index (χ3v) is 5.93. The summed E-state index contributed by atoms with van der Waals surface area (Å²) in [6.07, 6.45) is 2.32. The van der Waals surface area contributed by atoms with Crippen molar-refractivity contribution in [2.45, 2.75) is 25.5 Å². The van der Waals surface area contributed by atoms with E-state index in [0.717, 1.165) is 17.8 Å². The quantitative estimate of drug-likeness (QED) is 0.490. The van der Waals surface area contributed by atoms with E-state index >= 15 is 0 Å². The van der Waals surface area contributed by atoms with Crippen LogP contribution in [0.1, 0.15) is 23.0 Å². The molecule has 3 atom stereocenters. The van der Waals surface area contributed by atoms with E-state index in [9.17, 15) is 28.2 Å². The maximum atomic E-state index is 14.4. The van der Waals surface area contributed by atoms with Gasteiger partial charge in [0, 0.05) is 67.2 Å². The van der Waals surface area contributed by atoms with E-state index in [1.54, 1.807) is 12.3 Å². The number of hydrogen-bond acceptors (Lipinski definition) is 7. The number of phenols is 1. The van der Waals surface area contributed by atoms with Crippen molar-refractivity contribution in [2.24, 2.45) is 11.7 Å². The molecular formula is C24H23F3N4O3. The topological polar surface area (TPSA) is 113 Å². The summed E-state index contributed by atoms with van der Waals surface area (Å²) in [5, 5.41) is 19.5. The zero-order chi connectivity index (χ0) is 24.6. The number of aromatic hydroxyl groups is 1. The average Bonchev–Trinajstić information content (AvgIpc) is 2.78. The number of carbonyl (C=O) groups is 1. The van der Waals surface area contributed by atoms with Crippen LogP contribution < -0.4 is 10.6 Å². The molecule has 0 amide bonds. The third-order valence-electron chi connectivity index (χ3n) is 5.93. The minimum absolute atomic E-state index is 0.0862. The van der Waals surface area contributed by atoms with Gasteiger partial charge in [-0.2, -0.15) is 0 Å². The second-order valence-electron chi connectivity index (χ2n) is 8.45. The van der Waals surface area contributed by atoms with Crippen molar-refractivity contribution in [3.05, 3.63) is 71.4 Å². The summed E-state index contributed by atoms with van der Waals surface area (Å²) >= 11 is 0. The van der Waals surface area contributed by atoms with Crippen LogP contribution in [0.3, 0.4) is 0 Å². The number of hydrogen-bond donors (Lipinski definition) is 3. The highest BCUT2D eigenvalue weighted by Crippen LogP contribution is 2.31. The number of pyridine rings is 2. The molecule has 7 nitrogen and oxygen atoms in total. The first-order valence-corrected chi connectivity index (χ1v) is 10.6. The van der Waals surface area contributed by atoms with Gasteiger partial charge in [-0.05, 0) is 18.2 Å². The van der Waals surface area contributed by atoms with Crippen LogP contribution in [-0.4, -0.2) is 51.2 Å². The second kappa shape index (κ2) is 9.40. The summed E-state index contributed by atoms with van der Waals surface area (Å²) in [7, 11) is 0. The van der Waals surface area contributed by atoms with Crippen LogP contribution in [0.5, 0.6) is 5.75 Å². The molecule has 34 heavy (non-hydrogen) atoms. The van der Waals surface area contributed by atoms with Crippen molar-refractivity contribution in [1.29, 1.82) is 0 Å². The van der Waals surface area contributed by atoms with E-state index in [4.69, 9.17) is 5.73 Å². The molecule has 0 saturated carbocycles. The molecule has 0 aliphatic carbocycles. The maximum Gasteiger partial charge on any atom is 0.185 e. The summed E-state index contributed by atoms with van der Waals surface area (Å²) < 4.78 is 42.9. The highest BCUT2D eigenvalue weighted by atomic mass is 19.1. The first-order chi connectivity index (χ1) is 16.2. The number of benzene rings is 1. The Balaban J connectivity index is 1.64. The van der Waals surface area contributed by atoms with Gasteiger partial charge in [-0.3, -0.25) is 9.78 Å². The number of aliphatic hydroxyl groups is 1. The standard InChI is InChI=1S/C24H23F3N4O3/c1-12-10-31(11-18(28)24(12)34)20-4-5-29-9-13(20)6-21(33)19-3-2-15(25)23(30-19)22-16(26)7-14(32)8-17(22)27/h2-5,7-9,12,18,24,32,34H,6,10-11,28H2,1H3/t12-,18+,24+/m0/s1. The molecule has 1 fully saturated rings. The summed E-state index contributed by atoms with van der Waals surface area (Å²) in [5.74, 6) is -4.69. The molecule has 3 heterocycles. The third kappa shape index (κ3) is 4.59. The molecule has 1 saturated heterocycles. The minimum atomic E-state index is -1.21. The van der Waals surface area contributed by atoms with Crippen LogP contribution in [0.2, 0.25) is 0 Å². The van der Waals surface area contributed by atoms with Gasteiger partial charge in [-0.15, -0.1) is 0 Å². The van der Waals surface area contributed by atoms with Crippen molar-refractivity contribution in [3.63, 3.8) is 0 Å². The van der Waals surface area contributed by atoms with Crippen LogP contribution in [0.15, 0.2) is 42.7 Å². The van der Waals surface area contributed by atoms with Crippen LogP contribution in [0, 0.1) is 23.4 Å². The first-order valence-electron chi connectivity index (χ1n) is 10.6. The molecule has 0 unspecified atom stereocenters. The normalized spacial score (nSPS) is 20.4. The molecule has 178 valence electrons. The Morgan fingerprint density at radius 1 is 1.15 bits per heavy atom. The molecule has 0 radical (unpaired) electrons. The monoisotopic (exact) mass is 472 g/mol. The molecule has 4 N–H and O–H groups in total. The predicted octanol–water partition coefficient (Wildman–Crippen LogP) is 2.84. The van der Waals surface area contributed by atoms with Gasteiger partial charge in [0.25, 0.3) is 0 Å². The SMILES string of the molecule is C[C@H]1CN(c2ccncc2CC(=O)c2ccc(F)c(-c3c(F)cc(O)cc3F)n2)C[C@@H](N)[C@@H]1O. The largest absolute Gasteiger partial charge is 0.508 e. The Hall–Kier alpha value is -3.50. The zero-order valence-corrected chi connectivity index (χ0v) is 18.3. The molecule has 1 aliphatic heterocycles. The van der Waals surface area contributed by atoms with Gasteiger partial charge in [0.05, 0.1) is 11.7 Å². The number of anilines is 1. The summed E-state index contributed by atoms with van der Waals surface area (Å²) in [6.45, 7) is 2.79. The van der Waals surface area contributed by atoms with Crippen molar-refractivity contribution < 1.29 is 28.2 Å². The molecule has 1 aromatic carbocycles. The molecular weight excluding hydrogens is 449 g/mol. The Labute approximate surface area is 193 Å². The van der Waals surface area contributed by atoms with Gasteiger partial charge in [0.15, 0.2) is 5.78 Å². The van der Waals surface area contributed by atoms with E-state index in [-0.39, 0.29) is 18.0 Å². The highest BCUT2D eigenvalue weighted by molar-refractivity contribution is 5.97. The summed E-state index contributed by atoms with van der Waals surface area (Å²) in [5.41, 5.74) is 5.72. The number of aromatic nitrogens is 2. The lowest BCUT2D eigenvalue weighted by molar-refractivity contribution is 0.0784. The van der Waals surface area contributed by atoms with Crippen molar-refractivity contribution in [2.75, 3.05) is 18.0 Å². The lowest BCUT2D eigenvalue weighted by Gasteiger charge is -2.40. The van der Waals surface area contributed by atoms with Gasteiger partial charge in [0.1, 0.15) is 34.6 Å². The first kappa shape index (κ1) is 23.7. The molecule has 1 aliphatic rings. The fourth-order valence-corrected chi connectivity index (χ4v) is 4.20. The fourth-order valence-electron chi connectivity index (χ4n) is 4.20. The maximum absolute atomic E-state index is 14.4. The van der Waals surface area contributed by atoms with Crippen molar-refractivity contribution >= 4 is 11.5 Å². The van der Waals surface area contributed by atoms with E-state index in [0.29, 0.717) is 30.8 Å². The Morgan fingerprint density at radius 2 is 1.85 bits per heavy atom. The number of Topliss-reactive ketones (excluding diaryl/α,β-unsaturated/α-hetero) is 1. The van der Waals surface area contributed by atoms with Gasteiger partial charge in [0.2, 0.25) is 0 Å². The van der Waals surface area contributed by atoms with Crippen LogP contribution in [0.25, 0.3) is 11.3 Å². The van der Waals surface area contributed by atoms with Crippen LogP contribution >= 0.6 is 0 Å². The smallest absolute Gasteiger partial charge is 0.185 e. The fraction of sp³-hybridized carbons (Fsp3) is 0.292. The Kier molecular flexibility index (Phi) is 6.54. The van der Waals surface area contributed by atoms with Gasteiger partial charge >= 0.3 is 0 Å². The van der Waals surface area contributed by atoms with Gasteiger partial charge in [-0.1, -0.05) is 6.92 Å². The summed E-state index contributed by atoms with van der Waals surface area (Å²) in [4.78, 5) is 23.0. The molecule has 10 heteroatoms. The molecule has 4 rings (SSSR count). The zero-order valence-electron chi connectivity index (χ0n) is 18.3.